The molecule has 0 radical (unpaired) electrons. The number of pyridine rings is 1. The fourth-order valence-corrected chi connectivity index (χ4v) is 2.84. The molecule has 1 aromatic rings. The molecule has 1 saturated heterocycles. The van der Waals surface area contributed by atoms with Gasteiger partial charge >= 0.3 is 0 Å². The molecule has 0 atom stereocenters. The molecule has 2 aliphatic rings. The van der Waals surface area contributed by atoms with Gasteiger partial charge in [-0.2, -0.15) is 0 Å². The van der Waals surface area contributed by atoms with Crippen LogP contribution in [0.25, 0.3) is 0 Å². The predicted molar refractivity (Wildman–Crippen MR) is 75.9 cm³/mol. The minimum Gasteiger partial charge on any atom is -0.381 e. The van der Waals surface area contributed by atoms with Gasteiger partial charge in [0, 0.05) is 30.1 Å². The maximum atomic E-state index is 12.4. The first-order valence-electron chi connectivity index (χ1n) is 6.85. The molecule has 1 saturated carbocycles. The van der Waals surface area contributed by atoms with Crippen molar-refractivity contribution in [2.75, 3.05) is 13.2 Å². The summed E-state index contributed by atoms with van der Waals surface area (Å²) in [4.78, 5) is 22.0. The van der Waals surface area contributed by atoms with Gasteiger partial charge in [-0.1, -0.05) is 0 Å². The first-order chi connectivity index (χ1) is 9.71. The smallest absolute Gasteiger partial charge is 0.254 e. The first kappa shape index (κ1) is 14.0. The zero-order chi connectivity index (χ0) is 14.0. The monoisotopic (exact) mass is 340 g/mol. The number of ether oxygens (including phenoxy) is 1. The van der Waals surface area contributed by atoms with Gasteiger partial charge in [0.15, 0.2) is 0 Å². The fraction of sp³-hybridized carbons (Fsp3) is 0.571. The Labute approximate surface area is 126 Å². The van der Waals surface area contributed by atoms with Gasteiger partial charge in [-0.3, -0.25) is 14.6 Å². The highest BCUT2D eigenvalue weighted by atomic mass is 79.9. The van der Waals surface area contributed by atoms with E-state index in [1.54, 1.807) is 12.4 Å². The Hall–Kier alpha value is -0.980. The number of hydrogen-bond acceptors (Lipinski definition) is 4. The van der Waals surface area contributed by atoms with Crippen LogP contribution in [-0.2, 0) is 19.8 Å². The summed E-state index contributed by atoms with van der Waals surface area (Å²) in [5.41, 5.74) is 3.12. The van der Waals surface area contributed by atoms with Crippen LogP contribution in [-0.4, -0.2) is 30.2 Å². The number of nitrogens with one attached hydrogen (secondary N) is 1. The van der Waals surface area contributed by atoms with Crippen LogP contribution in [0.1, 0.15) is 31.2 Å². The molecule has 1 N–H and O–H groups in total. The average Bonchev–Trinajstić information content (AvgIpc) is 3.28. The summed E-state index contributed by atoms with van der Waals surface area (Å²) in [5, 5.41) is 0. The van der Waals surface area contributed by atoms with Gasteiger partial charge < -0.3 is 4.74 Å². The van der Waals surface area contributed by atoms with E-state index in [2.05, 4.69) is 26.4 Å². The molecule has 108 valence electrons. The maximum absolute atomic E-state index is 12.4. The van der Waals surface area contributed by atoms with Gasteiger partial charge in [-0.05, 0) is 53.2 Å². The number of rotatable bonds is 4. The van der Waals surface area contributed by atoms with E-state index in [1.807, 2.05) is 6.07 Å². The van der Waals surface area contributed by atoms with Crippen molar-refractivity contribution in [3.63, 3.8) is 0 Å². The van der Waals surface area contributed by atoms with Crippen molar-refractivity contribution in [2.45, 2.75) is 37.2 Å². The van der Waals surface area contributed by atoms with Crippen LogP contribution in [0, 0.1) is 0 Å². The second-order valence-electron chi connectivity index (χ2n) is 5.33. The Balaban J connectivity index is 1.61. The van der Waals surface area contributed by atoms with E-state index in [0.717, 1.165) is 35.7 Å². The lowest BCUT2D eigenvalue weighted by atomic mass is 9.97. The third-order valence-electron chi connectivity index (χ3n) is 3.93. The Morgan fingerprint density at radius 2 is 2.15 bits per heavy atom. The van der Waals surface area contributed by atoms with Crippen LogP contribution in [0.2, 0.25) is 0 Å². The molecule has 2 heterocycles. The number of aromatic nitrogens is 1. The average molecular weight is 341 g/mol. The highest BCUT2D eigenvalue weighted by Gasteiger charge is 2.52. The minimum absolute atomic E-state index is 0.0594. The molecular formula is C14H17BrN2O3. The molecule has 5 nitrogen and oxygen atoms in total. The van der Waals surface area contributed by atoms with Crippen molar-refractivity contribution >= 4 is 21.8 Å². The summed E-state index contributed by atoms with van der Waals surface area (Å²) in [6.45, 7) is 1.39. The molecular weight excluding hydrogens is 324 g/mol. The third-order valence-corrected chi connectivity index (χ3v) is 4.36. The van der Waals surface area contributed by atoms with E-state index >= 15 is 0 Å². The third kappa shape index (κ3) is 2.87. The quantitative estimate of drug-likeness (QED) is 0.852. The fourth-order valence-electron chi connectivity index (χ4n) is 2.47. The number of amides is 1. The predicted octanol–water partition coefficient (Wildman–Crippen LogP) is 2.10. The molecule has 0 unspecified atom stereocenters. The molecule has 2 fully saturated rings. The molecule has 0 aromatic carbocycles. The number of hydrogen-bond donors (Lipinski definition) is 1. The Kier molecular flexibility index (Phi) is 4.05. The normalized spacial score (nSPS) is 21.4. The van der Waals surface area contributed by atoms with E-state index in [-0.39, 0.29) is 12.0 Å². The number of carbonyl (C=O) groups excluding carboxylic acids is 1. The number of nitrogens with zero attached hydrogens (tertiary/aromatic N) is 1. The highest BCUT2D eigenvalue weighted by Crippen LogP contribution is 2.48. The molecule has 3 rings (SSSR count). The largest absolute Gasteiger partial charge is 0.381 e. The van der Waals surface area contributed by atoms with Gasteiger partial charge in [0.1, 0.15) is 0 Å². The summed E-state index contributed by atoms with van der Waals surface area (Å²) >= 11 is 3.39. The van der Waals surface area contributed by atoms with E-state index in [1.165, 1.54) is 0 Å². The topological polar surface area (TPSA) is 60.5 Å². The molecule has 0 spiro atoms. The van der Waals surface area contributed by atoms with Gasteiger partial charge in [0.05, 0.1) is 11.5 Å². The second kappa shape index (κ2) is 5.79. The molecule has 1 amide bonds. The lowest BCUT2D eigenvalue weighted by Gasteiger charge is -2.23. The Bertz CT molecular complexity index is 499. The highest BCUT2D eigenvalue weighted by molar-refractivity contribution is 9.10. The summed E-state index contributed by atoms with van der Waals surface area (Å²) in [6.07, 6.45) is 6.87. The number of carbonyl (C=O) groups is 1. The van der Waals surface area contributed by atoms with Crippen LogP contribution in [0.3, 0.4) is 0 Å². The SMILES string of the molecule is O=C(NOC1CCOCC1)C1(c2cncc(Br)c2)CC1. The Morgan fingerprint density at radius 3 is 2.80 bits per heavy atom. The van der Waals surface area contributed by atoms with Crippen LogP contribution in [0.4, 0.5) is 0 Å². The van der Waals surface area contributed by atoms with Crippen molar-refractivity contribution in [3.05, 3.63) is 28.5 Å². The molecule has 6 heteroatoms. The molecule has 1 aliphatic carbocycles. The lowest BCUT2D eigenvalue weighted by molar-refractivity contribution is -0.146. The second-order valence-corrected chi connectivity index (χ2v) is 6.25. The molecule has 20 heavy (non-hydrogen) atoms. The van der Waals surface area contributed by atoms with Crippen molar-refractivity contribution in [3.8, 4) is 0 Å². The lowest BCUT2D eigenvalue weighted by Crippen LogP contribution is -2.39. The minimum atomic E-state index is -0.456. The van der Waals surface area contributed by atoms with Crippen LogP contribution in [0.15, 0.2) is 22.9 Å². The van der Waals surface area contributed by atoms with Gasteiger partial charge in [0.2, 0.25) is 0 Å². The van der Waals surface area contributed by atoms with Crippen molar-refractivity contribution in [1.29, 1.82) is 0 Å². The van der Waals surface area contributed by atoms with Crippen LogP contribution in [0.5, 0.6) is 0 Å². The zero-order valence-corrected chi connectivity index (χ0v) is 12.7. The maximum Gasteiger partial charge on any atom is 0.254 e. The molecule has 1 aliphatic heterocycles. The summed E-state index contributed by atoms with van der Waals surface area (Å²) < 4.78 is 6.15. The number of hydroxylamine groups is 1. The number of halogens is 1. The summed E-state index contributed by atoms with van der Waals surface area (Å²) in [6, 6.07) is 1.95. The van der Waals surface area contributed by atoms with E-state index < -0.39 is 5.41 Å². The van der Waals surface area contributed by atoms with Gasteiger partial charge in [0.25, 0.3) is 5.91 Å². The summed E-state index contributed by atoms with van der Waals surface area (Å²) in [7, 11) is 0. The van der Waals surface area contributed by atoms with Crippen molar-refractivity contribution < 1.29 is 14.4 Å². The Morgan fingerprint density at radius 1 is 1.40 bits per heavy atom. The van der Waals surface area contributed by atoms with E-state index in [9.17, 15) is 4.79 Å². The van der Waals surface area contributed by atoms with Crippen LogP contribution >= 0.6 is 15.9 Å². The zero-order valence-electron chi connectivity index (χ0n) is 11.1. The first-order valence-corrected chi connectivity index (χ1v) is 7.65. The van der Waals surface area contributed by atoms with Gasteiger partial charge in [-0.25, -0.2) is 5.48 Å². The standard InChI is InChI=1S/C14H17BrN2O3/c15-11-7-10(8-16-9-11)14(3-4-14)13(18)17-20-12-1-5-19-6-2-12/h7-9,12H,1-6H2,(H,17,18). The van der Waals surface area contributed by atoms with Crippen molar-refractivity contribution in [1.82, 2.24) is 10.5 Å². The molecule has 1 aromatic heterocycles. The van der Waals surface area contributed by atoms with E-state index in [0.29, 0.717) is 13.2 Å². The summed E-state index contributed by atoms with van der Waals surface area (Å²) in [5.74, 6) is -0.0658. The van der Waals surface area contributed by atoms with Crippen LogP contribution < -0.4 is 5.48 Å². The molecule has 0 bridgehead atoms. The van der Waals surface area contributed by atoms with Crippen molar-refractivity contribution in [2.24, 2.45) is 0 Å². The van der Waals surface area contributed by atoms with E-state index in [4.69, 9.17) is 9.57 Å². The van der Waals surface area contributed by atoms with Gasteiger partial charge in [-0.15, -0.1) is 0 Å².